The number of hydrogen-bond donors (Lipinski definition) is 0. The van der Waals surface area contributed by atoms with E-state index < -0.39 is 17.2 Å². The van der Waals surface area contributed by atoms with Crippen molar-refractivity contribution >= 4 is 17.3 Å². The molecular weight excluding hydrogens is 324 g/mol. The Balaban J connectivity index is 1.80. The second-order valence-electron chi connectivity index (χ2n) is 6.54. The summed E-state index contributed by atoms with van der Waals surface area (Å²) in [7, 11) is 0. The number of nitrogens with zero attached hydrogens (tertiary/aromatic N) is 3. The van der Waals surface area contributed by atoms with Gasteiger partial charge in [0.15, 0.2) is 5.82 Å². The van der Waals surface area contributed by atoms with Gasteiger partial charge >= 0.3 is 0 Å². The SMILES string of the molecule is CC12CC(CN1c1cnn(-c3ccc(F)cc3F)c(=O)c1Cl)C2. The van der Waals surface area contributed by atoms with Gasteiger partial charge in [0.05, 0.1) is 11.9 Å². The first-order valence-electron chi connectivity index (χ1n) is 7.40. The van der Waals surface area contributed by atoms with Crippen LogP contribution in [0.5, 0.6) is 0 Å². The van der Waals surface area contributed by atoms with Crippen molar-refractivity contribution in [1.29, 1.82) is 0 Å². The third kappa shape index (κ3) is 2.08. The van der Waals surface area contributed by atoms with Crippen LogP contribution in [0.4, 0.5) is 14.5 Å². The lowest BCUT2D eigenvalue weighted by atomic mass is 9.75. The van der Waals surface area contributed by atoms with Crippen molar-refractivity contribution in [3.05, 3.63) is 51.4 Å². The van der Waals surface area contributed by atoms with Crippen LogP contribution in [-0.2, 0) is 0 Å². The fraction of sp³-hybridized carbons (Fsp3) is 0.375. The molecule has 1 aromatic carbocycles. The summed E-state index contributed by atoms with van der Waals surface area (Å²) in [5, 5.41) is 4.06. The molecule has 0 spiro atoms. The van der Waals surface area contributed by atoms with Gasteiger partial charge in [-0.25, -0.2) is 8.78 Å². The van der Waals surface area contributed by atoms with Crippen LogP contribution in [0.3, 0.4) is 0 Å². The lowest BCUT2D eigenvalue weighted by Gasteiger charge is -2.39. The zero-order valence-electron chi connectivity index (χ0n) is 12.4. The monoisotopic (exact) mass is 337 g/mol. The molecular formula is C16H14ClF2N3O. The van der Waals surface area contributed by atoms with Gasteiger partial charge in [-0.1, -0.05) is 11.6 Å². The Morgan fingerprint density at radius 3 is 2.65 bits per heavy atom. The Morgan fingerprint density at radius 1 is 1.30 bits per heavy atom. The largest absolute Gasteiger partial charge is 0.363 e. The van der Waals surface area contributed by atoms with Gasteiger partial charge in [0.2, 0.25) is 0 Å². The van der Waals surface area contributed by atoms with Crippen molar-refractivity contribution < 1.29 is 8.78 Å². The number of anilines is 1. The maximum absolute atomic E-state index is 13.9. The summed E-state index contributed by atoms with van der Waals surface area (Å²) in [5.41, 5.74) is -0.127. The quantitative estimate of drug-likeness (QED) is 0.845. The minimum Gasteiger partial charge on any atom is -0.363 e. The lowest BCUT2D eigenvalue weighted by Crippen LogP contribution is -2.43. The molecule has 120 valence electrons. The summed E-state index contributed by atoms with van der Waals surface area (Å²) in [6.07, 6.45) is 3.65. The van der Waals surface area contributed by atoms with Gasteiger partial charge in [-0.05, 0) is 37.8 Å². The molecule has 0 amide bonds. The molecule has 0 unspecified atom stereocenters. The molecule has 2 saturated heterocycles. The van der Waals surface area contributed by atoms with Crippen LogP contribution in [0.1, 0.15) is 19.8 Å². The highest BCUT2D eigenvalue weighted by Crippen LogP contribution is 2.52. The normalized spacial score (nSPS) is 25.6. The Labute approximate surface area is 136 Å². The van der Waals surface area contributed by atoms with E-state index in [1.807, 2.05) is 0 Å². The predicted octanol–water partition coefficient (Wildman–Crippen LogP) is 3.15. The van der Waals surface area contributed by atoms with E-state index in [4.69, 9.17) is 11.6 Å². The third-order valence-electron chi connectivity index (χ3n) is 4.88. The minimum absolute atomic E-state index is 0.0116. The van der Waals surface area contributed by atoms with Crippen molar-refractivity contribution in [3.8, 4) is 5.69 Å². The standard InChI is InChI=1S/C16H14ClF2N3O/c1-16-5-9(6-16)8-21(16)13-7-20-22(15(23)14(13)17)12-3-2-10(18)4-11(12)19/h2-4,7,9H,5-6,8H2,1H3. The number of benzene rings is 1. The van der Waals surface area contributed by atoms with Gasteiger partial charge in [0.25, 0.3) is 5.56 Å². The summed E-state index contributed by atoms with van der Waals surface area (Å²) in [6.45, 7) is 2.99. The van der Waals surface area contributed by atoms with Crippen LogP contribution in [-0.4, -0.2) is 21.9 Å². The molecule has 0 atom stereocenters. The summed E-state index contributed by atoms with van der Waals surface area (Å²) in [6, 6.07) is 2.95. The van der Waals surface area contributed by atoms with Gasteiger partial charge in [-0.2, -0.15) is 9.78 Å². The van der Waals surface area contributed by atoms with Gasteiger partial charge in [0.1, 0.15) is 16.5 Å². The van der Waals surface area contributed by atoms with Crippen molar-refractivity contribution in [2.24, 2.45) is 5.92 Å². The summed E-state index contributed by atoms with van der Waals surface area (Å²) >= 11 is 6.25. The molecule has 2 bridgehead atoms. The predicted molar refractivity (Wildman–Crippen MR) is 83.2 cm³/mol. The van der Waals surface area contributed by atoms with Gasteiger partial charge in [-0.3, -0.25) is 4.79 Å². The van der Waals surface area contributed by atoms with E-state index >= 15 is 0 Å². The van der Waals surface area contributed by atoms with Crippen molar-refractivity contribution in [2.75, 3.05) is 11.4 Å². The number of fused-ring (bicyclic) bond motifs is 1. The molecule has 5 rings (SSSR count). The van der Waals surface area contributed by atoms with E-state index in [-0.39, 0.29) is 16.2 Å². The zero-order valence-corrected chi connectivity index (χ0v) is 13.1. The maximum Gasteiger partial charge on any atom is 0.292 e. The molecule has 0 N–H and O–H groups in total. The Morgan fingerprint density at radius 2 is 2.04 bits per heavy atom. The molecule has 1 aromatic heterocycles. The summed E-state index contributed by atoms with van der Waals surface area (Å²) < 4.78 is 27.8. The number of aromatic nitrogens is 2. The Kier molecular flexibility index (Phi) is 3.04. The highest BCUT2D eigenvalue weighted by molar-refractivity contribution is 6.33. The molecule has 23 heavy (non-hydrogen) atoms. The first-order valence-corrected chi connectivity index (χ1v) is 7.78. The molecule has 2 aliphatic heterocycles. The highest BCUT2D eigenvalue weighted by Gasteiger charge is 2.53. The summed E-state index contributed by atoms with van der Waals surface area (Å²) in [5.74, 6) is -0.946. The van der Waals surface area contributed by atoms with Crippen LogP contribution in [0.2, 0.25) is 5.02 Å². The minimum atomic E-state index is -0.862. The fourth-order valence-electron chi connectivity index (χ4n) is 3.84. The van der Waals surface area contributed by atoms with E-state index in [1.54, 1.807) is 0 Å². The van der Waals surface area contributed by atoms with Crippen molar-refractivity contribution in [1.82, 2.24) is 9.78 Å². The molecule has 3 heterocycles. The Hall–Kier alpha value is -1.95. The second kappa shape index (κ2) is 4.77. The van der Waals surface area contributed by atoms with Crippen LogP contribution in [0, 0.1) is 17.6 Å². The first-order chi connectivity index (χ1) is 10.9. The average molecular weight is 338 g/mol. The highest BCUT2D eigenvalue weighted by atomic mass is 35.5. The van der Waals surface area contributed by atoms with Crippen molar-refractivity contribution in [2.45, 2.75) is 25.3 Å². The van der Waals surface area contributed by atoms with E-state index in [1.165, 1.54) is 12.3 Å². The van der Waals surface area contributed by atoms with E-state index in [2.05, 4.69) is 16.9 Å². The van der Waals surface area contributed by atoms with Crippen LogP contribution < -0.4 is 10.5 Å². The van der Waals surface area contributed by atoms with Crippen LogP contribution in [0.25, 0.3) is 5.69 Å². The second-order valence-corrected chi connectivity index (χ2v) is 6.92. The molecule has 3 fully saturated rings. The number of hydrogen-bond acceptors (Lipinski definition) is 3. The van der Waals surface area contributed by atoms with Gasteiger partial charge in [0, 0.05) is 18.2 Å². The maximum atomic E-state index is 13.9. The van der Waals surface area contributed by atoms with Crippen LogP contribution in [0.15, 0.2) is 29.2 Å². The van der Waals surface area contributed by atoms with E-state index in [0.29, 0.717) is 17.7 Å². The number of halogens is 3. The average Bonchev–Trinajstić information content (AvgIpc) is 2.95. The Bertz CT molecular complexity index is 861. The third-order valence-corrected chi connectivity index (χ3v) is 5.23. The zero-order chi connectivity index (χ0) is 16.4. The summed E-state index contributed by atoms with van der Waals surface area (Å²) in [4.78, 5) is 14.6. The topological polar surface area (TPSA) is 38.1 Å². The lowest BCUT2D eigenvalue weighted by molar-refractivity contribution is 0.267. The molecule has 1 aliphatic carbocycles. The van der Waals surface area contributed by atoms with E-state index in [0.717, 1.165) is 30.1 Å². The number of rotatable bonds is 2. The molecule has 0 radical (unpaired) electrons. The molecule has 7 heteroatoms. The molecule has 4 nitrogen and oxygen atoms in total. The van der Waals surface area contributed by atoms with Crippen molar-refractivity contribution in [3.63, 3.8) is 0 Å². The molecule has 1 saturated carbocycles. The smallest absolute Gasteiger partial charge is 0.292 e. The molecule has 3 aliphatic rings. The first kappa shape index (κ1) is 14.6. The fourth-order valence-corrected chi connectivity index (χ4v) is 4.07. The van der Waals surface area contributed by atoms with Crippen LogP contribution >= 0.6 is 11.6 Å². The van der Waals surface area contributed by atoms with Gasteiger partial charge < -0.3 is 4.90 Å². The van der Waals surface area contributed by atoms with E-state index in [9.17, 15) is 13.6 Å². The van der Waals surface area contributed by atoms with Gasteiger partial charge in [-0.15, -0.1) is 0 Å². The molecule has 2 aromatic rings.